The Hall–Kier alpha value is -3.48. The predicted molar refractivity (Wildman–Crippen MR) is 113 cm³/mol. The molecule has 3 aromatic carbocycles. The summed E-state index contributed by atoms with van der Waals surface area (Å²) in [4.78, 5) is 10.7. The van der Waals surface area contributed by atoms with E-state index in [0.29, 0.717) is 17.7 Å². The van der Waals surface area contributed by atoms with Gasteiger partial charge in [0.1, 0.15) is 17.6 Å². The van der Waals surface area contributed by atoms with Crippen molar-refractivity contribution in [1.82, 2.24) is 0 Å². The number of ether oxygens (including phenoxy) is 2. The van der Waals surface area contributed by atoms with Crippen LogP contribution in [0.4, 0.5) is 13.2 Å². The van der Waals surface area contributed by atoms with Gasteiger partial charge in [0, 0.05) is 6.42 Å². The number of halogens is 3. The van der Waals surface area contributed by atoms with Crippen LogP contribution < -0.4 is 9.47 Å². The Bertz CT molecular complexity index is 1110. The van der Waals surface area contributed by atoms with E-state index in [2.05, 4.69) is 4.74 Å². The summed E-state index contributed by atoms with van der Waals surface area (Å²) in [7, 11) is 0. The third kappa shape index (κ3) is 5.41. The number of carboxylic acid groups (broad SMARTS) is 1. The van der Waals surface area contributed by atoms with Gasteiger partial charge < -0.3 is 14.6 Å². The number of hydrogen-bond donors (Lipinski definition) is 1. The third-order valence-corrected chi connectivity index (χ3v) is 5.40. The normalized spacial score (nSPS) is 15.3. The van der Waals surface area contributed by atoms with Gasteiger partial charge >= 0.3 is 12.3 Å². The van der Waals surface area contributed by atoms with Crippen LogP contribution in [0.25, 0.3) is 11.1 Å². The van der Waals surface area contributed by atoms with Crippen molar-refractivity contribution < 1.29 is 32.5 Å². The molecule has 7 heteroatoms. The SMILES string of the molecule is O=C(O)CCc1ccc(OC2CCc3cc(-c4cccc(OC(F)(F)F)c4)ccc32)cc1. The fourth-order valence-electron chi connectivity index (χ4n) is 3.90. The van der Waals surface area contributed by atoms with E-state index < -0.39 is 12.3 Å². The molecule has 32 heavy (non-hydrogen) atoms. The van der Waals surface area contributed by atoms with Gasteiger partial charge in [0.15, 0.2) is 0 Å². The molecule has 3 aromatic rings. The second kappa shape index (κ2) is 8.94. The average molecular weight is 442 g/mol. The fraction of sp³-hybridized carbons (Fsp3) is 0.240. The van der Waals surface area contributed by atoms with Gasteiger partial charge in [-0.1, -0.05) is 42.5 Å². The zero-order valence-electron chi connectivity index (χ0n) is 17.1. The van der Waals surface area contributed by atoms with Crippen molar-refractivity contribution in [2.24, 2.45) is 0 Å². The number of aryl methyl sites for hydroxylation is 2. The highest BCUT2D eigenvalue weighted by Gasteiger charge is 2.31. The quantitative estimate of drug-likeness (QED) is 0.464. The van der Waals surface area contributed by atoms with E-state index >= 15 is 0 Å². The molecule has 1 atom stereocenters. The van der Waals surface area contributed by atoms with Gasteiger partial charge in [0.2, 0.25) is 0 Å². The maximum atomic E-state index is 12.5. The van der Waals surface area contributed by atoms with E-state index in [4.69, 9.17) is 9.84 Å². The van der Waals surface area contributed by atoms with Crippen LogP contribution in [0.1, 0.15) is 35.6 Å². The summed E-state index contributed by atoms with van der Waals surface area (Å²) in [5.74, 6) is -0.363. The summed E-state index contributed by atoms with van der Waals surface area (Å²) in [6.07, 6.45) is -2.66. The van der Waals surface area contributed by atoms with Crippen LogP contribution in [0.3, 0.4) is 0 Å². The summed E-state index contributed by atoms with van der Waals surface area (Å²) in [5, 5.41) is 8.79. The summed E-state index contributed by atoms with van der Waals surface area (Å²) in [5.41, 5.74) is 4.57. The van der Waals surface area contributed by atoms with Crippen LogP contribution in [0.15, 0.2) is 66.7 Å². The number of carboxylic acids is 1. The number of benzene rings is 3. The highest BCUT2D eigenvalue weighted by atomic mass is 19.4. The molecule has 0 fully saturated rings. The third-order valence-electron chi connectivity index (χ3n) is 5.40. The largest absolute Gasteiger partial charge is 0.573 e. The summed E-state index contributed by atoms with van der Waals surface area (Å²) < 4.78 is 47.7. The van der Waals surface area contributed by atoms with Gasteiger partial charge in [-0.05, 0) is 71.3 Å². The van der Waals surface area contributed by atoms with Crippen LogP contribution in [-0.4, -0.2) is 17.4 Å². The molecule has 1 unspecified atom stereocenters. The van der Waals surface area contributed by atoms with Crippen LogP contribution >= 0.6 is 0 Å². The summed E-state index contributed by atoms with van der Waals surface area (Å²) in [6, 6.07) is 19.2. The predicted octanol–water partition coefficient (Wildman–Crippen LogP) is 6.34. The topological polar surface area (TPSA) is 55.8 Å². The smallest absolute Gasteiger partial charge is 0.486 e. The highest BCUT2D eigenvalue weighted by molar-refractivity contribution is 5.67. The van der Waals surface area contributed by atoms with Crippen molar-refractivity contribution in [1.29, 1.82) is 0 Å². The highest BCUT2D eigenvalue weighted by Crippen LogP contribution is 2.38. The van der Waals surface area contributed by atoms with E-state index in [-0.39, 0.29) is 18.3 Å². The van der Waals surface area contributed by atoms with E-state index in [1.165, 1.54) is 18.2 Å². The number of hydrogen-bond acceptors (Lipinski definition) is 3. The van der Waals surface area contributed by atoms with Gasteiger partial charge in [-0.25, -0.2) is 0 Å². The molecule has 0 spiro atoms. The molecule has 1 N–H and O–H groups in total. The summed E-state index contributed by atoms with van der Waals surface area (Å²) in [6.45, 7) is 0. The fourth-order valence-corrected chi connectivity index (χ4v) is 3.90. The lowest BCUT2D eigenvalue weighted by molar-refractivity contribution is -0.274. The molecular formula is C25H21F3O4. The first kappa shape index (κ1) is 21.7. The van der Waals surface area contributed by atoms with Gasteiger partial charge in [-0.15, -0.1) is 13.2 Å². The second-order valence-electron chi connectivity index (χ2n) is 7.67. The van der Waals surface area contributed by atoms with E-state index in [1.54, 1.807) is 6.07 Å². The molecule has 0 saturated carbocycles. The Kier molecular flexibility index (Phi) is 6.08. The maximum absolute atomic E-state index is 12.5. The van der Waals surface area contributed by atoms with Gasteiger partial charge in [-0.3, -0.25) is 4.79 Å². The van der Waals surface area contributed by atoms with Crippen LogP contribution in [0.5, 0.6) is 11.5 Å². The molecular weight excluding hydrogens is 421 g/mol. The van der Waals surface area contributed by atoms with E-state index in [9.17, 15) is 18.0 Å². The monoisotopic (exact) mass is 442 g/mol. The van der Waals surface area contributed by atoms with Crippen molar-refractivity contribution in [2.75, 3.05) is 0 Å². The Balaban J connectivity index is 1.46. The Morgan fingerprint density at radius 2 is 1.72 bits per heavy atom. The first-order chi connectivity index (χ1) is 15.3. The Morgan fingerprint density at radius 1 is 0.969 bits per heavy atom. The second-order valence-corrected chi connectivity index (χ2v) is 7.67. The van der Waals surface area contributed by atoms with Crippen molar-refractivity contribution in [2.45, 2.75) is 38.1 Å². The first-order valence-electron chi connectivity index (χ1n) is 10.2. The molecule has 1 aliphatic carbocycles. The van der Waals surface area contributed by atoms with Gasteiger partial charge in [0.25, 0.3) is 0 Å². The minimum atomic E-state index is -4.73. The minimum absolute atomic E-state index is 0.0871. The van der Waals surface area contributed by atoms with Crippen molar-refractivity contribution >= 4 is 5.97 Å². The van der Waals surface area contributed by atoms with Crippen molar-refractivity contribution in [3.8, 4) is 22.6 Å². The molecule has 0 radical (unpaired) electrons. The first-order valence-corrected chi connectivity index (χ1v) is 10.2. The lowest BCUT2D eigenvalue weighted by atomic mass is 10.00. The van der Waals surface area contributed by atoms with Gasteiger partial charge in [-0.2, -0.15) is 0 Å². The molecule has 0 bridgehead atoms. The van der Waals surface area contributed by atoms with Crippen molar-refractivity contribution in [3.63, 3.8) is 0 Å². The number of carbonyl (C=O) groups is 1. The number of alkyl halides is 3. The molecule has 0 heterocycles. The standard InChI is InChI=1S/C25H21F3O4/c26-25(27,28)32-21-3-1-2-17(15-21)18-7-11-22-19(14-18)8-12-23(22)31-20-9-4-16(5-10-20)6-13-24(29)30/h1-5,7,9-11,14-15,23H,6,8,12-13H2,(H,29,30). The lowest BCUT2D eigenvalue weighted by Gasteiger charge is -2.16. The van der Waals surface area contributed by atoms with E-state index in [1.807, 2.05) is 42.5 Å². The van der Waals surface area contributed by atoms with Crippen LogP contribution in [0.2, 0.25) is 0 Å². The van der Waals surface area contributed by atoms with Crippen LogP contribution in [0, 0.1) is 0 Å². The lowest BCUT2D eigenvalue weighted by Crippen LogP contribution is -2.17. The molecule has 0 saturated heterocycles. The van der Waals surface area contributed by atoms with Crippen LogP contribution in [-0.2, 0) is 17.6 Å². The number of fused-ring (bicyclic) bond motifs is 1. The Morgan fingerprint density at radius 3 is 2.44 bits per heavy atom. The molecule has 0 aromatic heterocycles. The molecule has 0 aliphatic heterocycles. The minimum Gasteiger partial charge on any atom is -0.486 e. The van der Waals surface area contributed by atoms with Crippen molar-refractivity contribution in [3.05, 3.63) is 83.4 Å². The molecule has 166 valence electrons. The molecule has 1 aliphatic rings. The van der Waals surface area contributed by atoms with E-state index in [0.717, 1.165) is 35.1 Å². The molecule has 4 nitrogen and oxygen atoms in total. The summed E-state index contributed by atoms with van der Waals surface area (Å²) >= 11 is 0. The van der Waals surface area contributed by atoms with Gasteiger partial charge in [0.05, 0.1) is 0 Å². The average Bonchev–Trinajstić information content (AvgIpc) is 3.14. The maximum Gasteiger partial charge on any atom is 0.573 e. The number of rotatable bonds is 7. The number of aliphatic carboxylic acids is 1. The zero-order chi connectivity index (χ0) is 22.7. The molecule has 4 rings (SSSR count). The molecule has 0 amide bonds. The Labute approximate surface area is 183 Å². The zero-order valence-corrected chi connectivity index (χ0v) is 17.1.